The molecule has 0 aliphatic carbocycles. The van der Waals surface area contributed by atoms with Gasteiger partial charge in [0.1, 0.15) is 13.2 Å². The van der Waals surface area contributed by atoms with Gasteiger partial charge < -0.3 is 14.2 Å². The standard InChI is InChI=1S/C76H128O6/c1-4-7-10-13-16-19-22-25-27-29-31-33-35-36-37-38-39-40-42-43-45-47-49-51-54-57-60-63-66-69-75(78)81-72-73(71-80-74(77)68-65-62-59-56-53-24-21-18-15-12-9-6-3)82-76(79)70-67-64-61-58-55-52-50-48-46-44-41-34-32-30-28-26-23-20-17-14-11-8-5-2/h7,10,16,18-19,21,23,25-27,30-33,36-37,39-41,44,73H,4-6,8-9,11-15,17,20,22,24,28-29,34-35,38,42-43,45-72H2,1-3H3/b10-7-,19-16-,21-18-,26-23-,27-25-,32-30-,33-31-,37-36-,40-39-,44-41-. The van der Waals surface area contributed by atoms with E-state index in [1.807, 2.05) is 0 Å². The maximum atomic E-state index is 12.9. The number of allylic oxidation sites excluding steroid dienone is 20. The van der Waals surface area contributed by atoms with Crippen LogP contribution < -0.4 is 0 Å². The molecule has 1 unspecified atom stereocenters. The van der Waals surface area contributed by atoms with Crippen molar-refractivity contribution in [2.45, 2.75) is 329 Å². The first-order chi connectivity index (χ1) is 40.5. The Morgan fingerprint density at radius 3 is 0.780 bits per heavy atom. The Bertz CT molecular complexity index is 1690. The van der Waals surface area contributed by atoms with Crippen molar-refractivity contribution in [2.24, 2.45) is 0 Å². The van der Waals surface area contributed by atoms with Gasteiger partial charge in [0.2, 0.25) is 0 Å². The summed E-state index contributed by atoms with van der Waals surface area (Å²) in [4.78, 5) is 38.4. The summed E-state index contributed by atoms with van der Waals surface area (Å²) in [6.07, 6.45) is 96.4. The molecule has 0 rings (SSSR count). The minimum atomic E-state index is -0.791. The van der Waals surface area contributed by atoms with Crippen molar-refractivity contribution in [3.8, 4) is 0 Å². The third-order valence-electron chi connectivity index (χ3n) is 14.7. The van der Waals surface area contributed by atoms with Gasteiger partial charge in [0.05, 0.1) is 0 Å². The molecule has 0 aliphatic rings. The SMILES string of the molecule is CC/C=C\C/C=C\C/C=C\C/C=C\C/C=C\C/C=C\CCCCCCCCCCCCC(=O)OCC(COC(=O)CCCCCCC/C=C\CCCCC)OC(=O)CCCCCCCCCC/C=C\C/C=C\C/C=C\CCCCCCC. The molecule has 0 spiro atoms. The van der Waals surface area contributed by atoms with Gasteiger partial charge in [-0.15, -0.1) is 0 Å². The van der Waals surface area contributed by atoms with E-state index >= 15 is 0 Å². The van der Waals surface area contributed by atoms with Crippen molar-refractivity contribution < 1.29 is 28.6 Å². The summed E-state index contributed by atoms with van der Waals surface area (Å²) in [5.41, 5.74) is 0. The van der Waals surface area contributed by atoms with Crippen LogP contribution in [-0.2, 0) is 28.6 Å². The zero-order valence-corrected chi connectivity index (χ0v) is 53.7. The molecule has 0 aromatic rings. The molecule has 0 saturated carbocycles. The maximum Gasteiger partial charge on any atom is 0.306 e. The number of esters is 3. The molecule has 0 aromatic carbocycles. The molecule has 82 heavy (non-hydrogen) atoms. The summed E-state index contributed by atoms with van der Waals surface area (Å²) in [6, 6.07) is 0. The van der Waals surface area contributed by atoms with Crippen LogP contribution in [0, 0.1) is 0 Å². The second kappa shape index (κ2) is 69.3. The molecule has 0 radical (unpaired) electrons. The predicted molar refractivity (Wildman–Crippen MR) is 357 cm³/mol. The number of ether oxygens (including phenoxy) is 3. The lowest BCUT2D eigenvalue weighted by molar-refractivity contribution is -0.167. The number of hydrogen-bond acceptors (Lipinski definition) is 6. The zero-order chi connectivity index (χ0) is 59.2. The van der Waals surface area contributed by atoms with E-state index in [0.717, 1.165) is 122 Å². The largest absolute Gasteiger partial charge is 0.462 e. The summed E-state index contributed by atoms with van der Waals surface area (Å²) in [5.74, 6) is -0.899. The van der Waals surface area contributed by atoms with E-state index in [1.54, 1.807) is 0 Å². The van der Waals surface area contributed by atoms with E-state index in [2.05, 4.69) is 142 Å². The number of rotatable bonds is 62. The van der Waals surface area contributed by atoms with E-state index in [0.29, 0.717) is 19.3 Å². The molecule has 0 saturated heterocycles. The molecule has 0 heterocycles. The van der Waals surface area contributed by atoms with E-state index in [4.69, 9.17) is 14.2 Å². The van der Waals surface area contributed by atoms with Crippen molar-refractivity contribution in [3.05, 3.63) is 122 Å². The Labute approximate surface area is 507 Å². The lowest BCUT2D eigenvalue weighted by atomic mass is 10.1. The Balaban J connectivity index is 4.31. The van der Waals surface area contributed by atoms with Gasteiger partial charge in [0.25, 0.3) is 0 Å². The highest BCUT2D eigenvalue weighted by atomic mass is 16.6. The quantitative estimate of drug-likeness (QED) is 0.0261. The van der Waals surface area contributed by atoms with Gasteiger partial charge in [-0.05, 0) is 135 Å². The molecule has 0 aromatic heterocycles. The molecule has 468 valence electrons. The fourth-order valence-corrected chi connectivity index (χ4v) is 9.51. The van der Waals surface area contributed by atoms with E-state index in [9.17, 15) is 14.4 Å². The van der Waals surface area contributed by atoms with Crippen molar-refractivity contribution in [1.82, 2.24) is 0 Å². The fourth-order valence-electron chi connectivity index (χ4n) is 9.51. The van der Waals surface area contributed by atoms with Crippen LogP contribution in [0.4, 0.5) is 0 Å². The first kappa shape index (κ1) is 77.8. The van der Waals surface area contributed by atoms with E-state index < -0.39 is 6.10 Å². The normalized spacial score (nSPS) is 12.9. The van der Waals surface area contributed by atoms with Crippen LogP contribution in [0.3, 0.4) is 0 Å². The Hall–Kier alpha value is -4.19. The monoisotopic (exact) mass is 1140 g/mol. The van der Waals surface area contributed by atoms with Crippen LogP contribution in [0.15, 0.2) is 122 Å². The van der Waals surface area contributed by atoms with Crippen LogP contribution in [-0.4, -0.2) is 37.2 Å². The Kier molecular flexibility index (Phi) is 65.8. The van der Waals surface area contributed by atoms with Crippen LogP contribution in [0.25, 0.3) is 0 Å². The molecule has 6 heteroatoms. The van der Waals surface area contributed by atoms with Gasteiger partial charge in [-0.2, -0.15) is 0 Å². The summed E-state index contributed by atoms with van der Waals surface area (Å²) in [5, 5.41) is 0. The van der Waals surface area contributed by atoms with E-state index in [1.165, 1.54) is 161 Å². The summed E-state index contributed by atoms with van der Waals surface area (Å²) in [6.45, 7) is 6.50. The average Bonchev–Trinajstić information content (AvgIpc) is 3.47. The van der Waals surface area contributed by atoms with Crippen molar-refractivity contribution in [1.29, 1.82) is 0 Å². The van der Waals surface area contributed by atoms with Crippen LogP contribution in [0.1, 0.15) is 323 Å². The van der Waals surface area contributed by atoms with Gasteiger partial charge >= 0.3 is 17.9 Å². The number of carbonyl (C=O) groups is 3. The molecule has 1 atom stereocenters. The van der Waals surface area contributed by atoms with Gasteiger partial charge in [-0.25, -0.2) is 0 Å². The number of hydrogen-bond donors (Lipinski definition) is 0. The first-order valence-corrected chi connectivity index (χ1v) is 34.5. The lowest BCUT2D eigenvalue weighted by Gasteiger charge is -2.18. The third-order valence-corrected chi connectivity index (χ3v) is 14.7. The highest BCUT2D eigenvalue weighted by molar-refractivity contribution is 5.71. The smallest absolute Gasteiger partial charge is 0.306 e. The highest BCUT2D eigenvalue weighted by Gasteiger charge is 2.19. The molecule has 0 N–H and O–H groups in total. The summed E-state index contributed by atoms with van der Waals surface area (Å²) >= 11 is 0. The molecule has 0 amide bonds. The van der Waals surface area contributed by atoms with Crippen LogP contribution in [0.5, 0.6) is 0 Å². The second-order valence-electron chi connectivity index (χ2n) is 22.7. The predicted octanol–water partition coefficient (Wildman–Crippen LogP) is 23.9. The topological polar surface area (TPSA) is 78.9 Å². The zero-order valence-electron chi connectivity index (χ0n) is 53.7. The minimum absolute atomic E-state index is 0.0870. The fraction of sp³-hybridized carbons (Fsp3) is 0.697. The minimum Gasteiger partial charge on any atom is -0.462 e. The number of carbonyl (C=O) groups excluding carboxylic acids is 3. The summed E-state index contributed by atoms with van der Waals surface area (Å²) < 4.78 is 16.9. The van der Waals surface area contributed by atoms with Gasteiger partial charge in [0.15, 0.2) is 6.10 Å². The summed E-state index contributed by atoms with van der Waals surface area (Å²) in [7, 11) is 0. The Morgan fingerprint density at radius 1 is 0.256 bits per heavy atom. The second-order valence-corrected chi connectivity index (χ2v) is 22.7. The molecule has 0 fully saturated rings. The Morgan fingerprint density at radius 2 is 0.476 bits per heavy atom. The van der Waals surface area contributed by atoms with Crippen LogP contribution >= 0.6 is 0 Å². The van der Waals surface area contributed by atoms with Crippen molar-refractivity contribution in [2.75, 3.05) is 13.2 Å². The molecule has 0 bridgehead atoms. The maximum absolute atomic E-state index is 12.9. The van der Waals surface area contributed by atoms with Gasteiger partial charge in [-0.1, -0.05) is 290 Å². The molecule has 0 aliphatic heterocycles. The van der Waals surface area contributed by atoms with Crippen molar-refractivity contribution in [3.63, 3.8) is 0 Å². The lowest BCUT2D eigenvalue weighted by Crippen LogP contribution is -2.30. The number of unbranched alkanes of at least 4 members (excludes halogenated alkanes) is 31. The average molecular weight is 1140 g/mol. The highest BCUT2D eigenvalue weighted by Crippen LogP contribution is 2.16. The first-order valence-electron chi connectivity index (χ1n) is 34.5. The molecular formula is C76H128O6. The van der Waals surface area contributed by atoms with E-state index in [-0.39, 0.29) is 31.1 Å². The molecular weight excluding hydrogens is 1010 g/mol. The molecule has 6 nitrogen and oxygen atoms in total. The van der Waals surface area contributed by atoms with Crippen LogP contribution in [0.2, 0.25) is 0 Å². The van der Waals surface area contributed by atoms with Crippen molar-refractivity contribution >= 4 is 17.9 Å². The van der Waals surface area contributed by atoms with Gasteiger partial charge in [0, 0.05) is 19.3 Å². The van der Waals surface area contributed by atoms with Gasteiger partial charge in [-0.3, -0.25) is 14.4 Å². The third kappa shape index (κ3) is 66.6.